The summed E-state index contributed by atoms with van der Waals surface area (Å²) < 4.78 is 26.4. The number of hydrogen-bond donors (Lipinski definition) is 3. The summed E-state index contributed by atoms with van der Waals surface area (Å²) in [5, 5.41) is 14.0. The standard InChI is InChI=1S/C26H28ClFN6O4/c1-3-16-14-17(4-5-18(16)25(35)31-10-13-37-11-8-29)33-26(36)24-32-15-20(34(24)2)19-6-7-21(38-12-9-30)23(28)22(19)27/h4-7,14-15H,3,8,10-13,29H2,1-2H3,(H,31,35)(H,33,36). The van der Waals surface area contributed by atoms with Crippen molar-refractivity contribution in [1.82, 2.24) is 14.9 Å². The number of benzene rings is 2. The highest BCUT2D eigenvalue weighted by molar-refractivity contribution is 6.33. The zero-order chi connectivity index (χ0) is 27.7. The highest BCUT2D eigenvalue weighted by atomic mass is 35.5. The van der Waals surface area contributed by atoms with Gasteiger partial charge in [0, 0.05) is 37.0 Å². The molecule has 0 spiro atoms. The Bertz CT molecular complexity index is 1350. The first-order valence-electron chi connectivity index (χ1n) is 11.8. The maximum atomic E-state index is 14.6. The van der Waals surface area contributed by atoms with E-state index in [1.54, 1.807) is 31.3 Å². The van der Waals surface area contributed by atoms with Crippen LogP contribution in [-0.4, -0.2) is 54.3 Å². The molecule has 200 valence electrons. The van der Waals surface area contributed by atoms with Gasteiger partial charge in [-0.1, -0.05) is 18.5 Å². The first kappa shape index (κ1) is 28.6. The molecule has 10 nitrogen and oxygen atoms in total. The van der Waals surface area contributed by atoms with E-state index in [-0.39, 0.29) is 29.1 Å². The molecule has 38 heavy (non-hydrogen) atoms. The number of rotatable bonds is 12. The van der Waals surface area contributed by atoms with Crippen molar-refractivity contribution in [2.45, 2.75) is 13.3 Å². The Kier molecular flexibility index (Phi) is 10.2. The Labute approximate surface area is 224 Å². The topological polar surface area (TPSA) is 144 Å². The Morgan fingerprint density at radius 2 is 2.03 bits per heavy atom. The molecule has 1 heterocycles. The van der Waals surface area contributed by atoms with Crippen molar-refractivity contribution in [3.63, 3.8) is 0 Å². The van der Waals surface area contributed by atoms with Crippen molar-refractivity contribution >= 4 is 29.1 Å². The van der Waals surface area contributed by atoms with Gasteiger partial charge in [0.2, 0.25) is 0 Å². The van der Waals surface area contributed by atoms with Crippen LogP contribution in [0.5, 0.6) is 5.75 Å². The van der Waals surface area contributed by atoms with Crippen LogP contribution in [0, 0.1) is 17.1 Å². The molecular formula is C26H28ClFN6O4. The lowest BCUT2D eigenvalue weighted by Crippen LogP contribution is -2.28. The second kappa shape index (κ2) is 13.5. The van der Waals surface area contributed by atoms with Crippen LogP contribution in [0.1, 0.15) is 33.5 Å². The minimum absolute atomic E-state index is 0.0682. The van der Waals surface area contributed by atoms with E-state index in [4.69, 9.17) is 32.1 Å². The van der Waals surface area contributed by atoms with Gasteiger partial charge in [0.05, 0.1) is 30.1 Å². The highest BCUT2D eigenvalue weighted by Gasteiger charge is 2.21. The Morgan fingerprint density at radius 1 is 1.24 bits per heavy atom. The normalized spacial score (nSPS) is 10.6. The molecule has 2 aromatic carbocycles. The molecule has 0 radical (unpaired) electrons. The van der Waals surface area contributed by atoms with Crippen molar-refractivity contribution in [1.29, 1.82) is 5.26 Å². The maximum absolute atomic E-state index is 14.6. The summed E-state index contributed by atoms with van der Waals surface area (Å²) >= 11 is 6.21. The molecule has 0 bridgehead atoms. The Balaban J connectivity index is 1.74. The van der Waals surface area contributed by atoms with Gasteiger partial charge >= 0.3 is 0 Å². The molecule has 12 heteroatoms. The predicted molar refractivity (Wildman–Crippen MR) is 141 cm³/mol. The smallest absolute Gasteiger partial charge is 0.291 e. The van der Waals surface area contributed by atoms with Crippen LogP contribution in [0.15, 0.2) is 36.5 Å². The van der Waals surface area contributed by atoms with Crippen LogP contribution in [0.4, 0.5) is 10.1 Å². The Hall–Kier alpha value is -3.98. The van der Waals surface area contributed by atoms with Gasteiger partial charge in [0.1, 0.15) is 6.07 Å². The van der Waals surface area contributed by atoms with Crippen molar-refractivity contribution in [2.24, 2.45) is 12.8 Å². The molecule has 0 saturated carbocycles. The minimum atomic E-state index is -0.814. The van der Waals surface area contributed by atoms with E-state index < -0.39 is 11.7 Å². The number of carbonyl (C=O) groups excluding carboxylic acids is 2. The molecule has 0 aliphatic heterocycles. The zero-order valence-electron chi connectivity index (χ0n) is 21.0. The molecule has 3 rings (SSSR count). The summed E-state index contributed by atoms with van der Waals surface area (Å²) in [4.78, 5) is 29.7. The van der Waals surface area contributed by atoms with Gasteiger partial charge in [-0.15, -0.1) is 0 Å². The summed E-state index contributed by atoms with van der Waals surface area (Å²) in [7, 11) is 1.60. The molecule has 4 N–H and O–H groups in total. The van der Waals surface area contributed by atoms with Crippen molar-refractivity contribution in [2.75, 3.05) is 38.2 Å². The fourth-order valence-electron chi connectivity index (χ4n) is 3.71. The van der Waals surface area contributed by atoms with Crippen LogP contribution >= 0.6 is 11.6 Å². The largest absolute Gasteiger partial charge is 0.476 e. The second-order valence-electron chi connectivity index (χ2n) is 8.05. The average Bonchev–Trinajstić information content (AvgIpc) is 3.30. The lowest BCUT2D eigenvalue weighted by atomic mass is 10.0. The third kappa shape index (κ3) is 6.66. The summed E-state index contributed by atoms with van der Waals surface area (Å²) in [5.74, 6) is -1.63. The van der Waals surface area contributed by atoms with E-state index in [0.717, 1.165) is 5.56 Å². The molecule has 0 unspecified atom stereocenters. The number of halogens is 2. The van der Waals surface area contributed by atoms with Crippen LogP contribution in [0.3, 0.4) is 0 Å². The van der Waals surface area contributed by atoms with Gasteiger partial charge < -0.3 is 30.4 Å². The molecule has 0 aliphatic carbocycles. The lowest BCUT2D eigenvalue weighted by Gasteiger charge is -2.13. The molecule has 0 aliphatic rings. The predicted octanol–water partition coefficient (Wildman–Crippen LogP) is 3.30. The van der Waals surface area contributed by atoms with E-state index in [1.807, 2.05) is 6.92 Å². The summed E-state index contributed by atoms with van der Waals surface area (Å²) in [6.45, 7) is 3.15. The van der Waals surface area contributed by atoms with E-state index in [1.165, 1.54) is 22.9 Å². The number of anilines is 1. The van der Waals surface area contributed by atoms with E-state index >= 15 is 0 Å². The van der Waals surface area contributed by atoms with Crippen LogP contribution in [0.25, 0.3) is 11.3 Å². The third-order valence-electron chi connectivity index (χ3n) is 5.59. The molecule has 0 fully saturated rings. The number of hydrogen-bond acceptors (Lipinski definition) is 7. The molecule has 0 atom stereocenters. The number of carbonyl (C=O) groups is 2. The van der Waals surface area contributed by atoms with Crippen molar-refractivity contribution < 1.29 is 23.5 Å². The number of ether oxygens (including phenoxy) is 2. The average molecular weight is 543 g/mol. The van der Waals surface area contributed by atoms with Crippen LogP contribution in [0.2, 0.25) is 5.02 Å². The molecule has 1 aromatic heterocycles. The number of aromatic nitrogens is 2. The number of aryl methyl sites for hydroxylation is 1. The molecular weight excluding hydrogens is 515 g/mol. The van der Waals surface area contributed by atoms with E-state index in [0.29, 0.717) is 55.2 Å². The van der Waals surface area contributed by atoms with Gasteiger partial charge in [-0.3, -0.25) is 9.59 Å². The monoisotopic (exact) mass is 542 g/mol. The van der Waals surface area contributed by atoms with E-state index in [2.05, 4.69) is 15.6 Å². The maximum Gasteiger partial charge on any atom is 0.291 e. The fourth-order valence-corrected chi connectivity index (χ4v) is 3.96. The minimum Gasteiger partial charge on any atom is -0.476 e. The number of nitriles is 1. The number of nitrogens with zero attached hydrogens (tertiary/aromatic N) is 3. The number of amides is 2. The molecule has 2 amide bonds. The molecule has 3 aromatic rings. The molecule has 0 saturated heterocycles. The lowest BCUT2D eigenvalue weighted by molar-refractivity contribution is 0.0918. The highest BCUT2D eigenvalue weighted by Crippen LogP contribution is 2.35. The van der Waals surface area contributed by atoms with Gasteiger partial charge in [0.25, 0.3) is 11.8 Å². The van der Waals surface area contributed by atoms with Crippen molar-refractivity contribution in [3.8, 4) is 23.1 Å². The third-order valence-corrected chi connectivity index (χ3v) is 5.96. The number of imidazole rings is 1. The summed E-state index contributed by atoms with van der Waals surface area (Å²) in [5.41, 5.74) is 7.83. The summed E-state index contributed by atoms with van der Waals surface area (Å²) in [6.07, 6.45) is 1.98. The zero-order valence-corrected chi connectivity index (χ0v) is 21.8. The SMILES string of the molecule is CCc1cc(NC(=O)c2ncc(-c3ccc(OCC#N)c(F)c3Cl)n2C)ccc1C(=O)NCCOCCN. The van der Waals surface area contributed by atoms with Gasteiger partial charge in [-0.05, 0) is 42.3 Å². The van der Waals surface area contributed by atoms with Gasteiger partial charge in [-0.25, -0.2) is 9.37 Å². The second-order valence-corrected chi connectivity index (χ2v) is 8.43. The Morgan fingerprint density at radius 3 is 2.74 bits per heavy atom. The van der Waals surface area contributed by atoms with Crippen LogP contribution in [-0.2, 0) is 18.2 Å². The number of nitrogens with one attached hydrogen (secondary N) is 2. The summed E-state index contributed by atoms with van der Waals surface area (Å²) in [6, 6.07) is 9.66. The quantitative estimate of drug-likeness (QED) is 0.298. The first-order chi connectivity index (χ1) is 18.3. The van der Waals surface area contributed by atoms with Crippen LogP contribution < -0.4 is 21.1 Å². The van der Waals surface area contributed by atoms with Crippen molar-refractivity contribution in [3.05, 3.63) is 64.3 Å². The first-order valence-corrected chi connectivity index (χ1v) is 12.2. The fraction of sp³-hybridized carbons (Fsp3) is 0.308. The van der Waals surface area contributed by atoms with Gasteiger partial charge in [0.15, 0.2) is 24.0 Å². The number of nitrogens with two attached hydrogens (primary N) is 1. The van der Waals surface area contributed by atoms with Gasteiger partial charge in [-0.2, -0.15) is 5.26 Å². The van der Waals surface area contributed by atoms with E-state index in [9.17, 15) is 14.0 Å².